The molecule has 0 aliphatic carbocycles. The number of hydrogen-bond donors (Lipinski definition) is 3. The molecule has 0 aromatic heterocycles. The van der Waals surface area contributed by atoms with Crippen molar-refractivity contribution in [3.05, 3.63) is 83.4 Å². The molecule has 4 N–H and O–H groups in total. The first-order valence-electron chi connectivity index (χ1n) is 8.35. The highest BCUT2D eigenvalue weighted by atomic mass is 16.4. The van der Waals surface area contributed by atoms with Gasteiger partial charge in [0, 0.05) is 12.0 Å². The third-order valence-corrected chi connectivity index (χ3v) is 4.30. The monoisotopic (exact) mass is 362 g/mol. The third-order valence-electron chi connectivity index (χ3n) is 4.30. The highest BCUT2D eigenvalue weighted by Gasteiger charge is 2.20. The van der Waals surface area contributed by atoms with Crippen LogP contribution in [0.5, 0.6) is 0 Å². The fourth-order valence-electron chi connectivity index (χ4n) is 2.81. The summed E-state index contributed by atoms with van der Waals surface area (Å²) >= 11 is 0. The number of carboxylic acid groups (broad SMARTS) is 1. The minimum atomic E-state index is -1.03. The summed E-state index contributed by atoms with van der Waals surface area (Å²) in [5, 5.41) is 13.5. The van der Waals surface area contributed by atoms with E-state index < -0.39 is 23.8 Å². The van der Waals surface area contributed by atoms with Gasteiger partial charge in [-0.25, -0.2) is 4.79 Å². The maximum atomic E-state index is 12.5. The van der Waals surface area contributed by atoms with E-state index >= 15 is 0 Å². The summed E-state index contributed by atoms with van der Waals surface area (Å²) in [6.07, 6.45) is 0.175. The van der Waals surface area contributed by atoms with Crippen LogP contribution in [0.25, 0.3) is 10.8 Å². The number of hydrogen-bond acceptors (Lipinski definition) is 3. The van der Waals surface area contributed by atoms with E-state index in [0.717, 1.165) is 10.8 Å². The largest absolute Gasteiger partial charge is 0.478 e. The summed E-state index contributed by atoms with van der Waals surface area (Å²) in [5.41, 5.74) is 6.71. The smallest absolute Gasteiger partial charge is 0.335 e. The van der Waals surface area contributed by atoms with E-state index in [1.165, 1.54) is 12.1 Å². The van der Waals surface area contributed by atoms with Gasteiger partial charge in [0.1, 0.15) is 6.04 Å². The van der Waals surface area contributed by atoms with Gasteiger partial charge in [0.05, 0.1) is 5.56 Å². The SMILES string of the molecule is NC(=O)[C@@H](Cc1ccc(C(=O)O)cc1)NC(=O)c1ccc2ccccc2c1. The zero-order valence-electron chi connectivity index (χ0n) is 14.4. The lowest BCUT2D eigenvalue weighted by molar-refractivity contribution is -0.119. The normalized spacial score (nSPS) is 11.7. The molecular formula is C21H18N2O4. The van der Waals surface area contributed by atoms with Crippen molar-refractivity contribution in [3.63, 3.8) is 0 Å². The van der Waals surface area contributed by atoms with Crippen LogP contribution in [0.3, 0.4) is 0 Å². The van der Waals surface area contributed by atoms with Gasteiger partial charge in [-0.05, 0) is 40.6 Å². The molecular weight excluding hydrogens is 344 g/mol. The van der Waals surface area contributed by atoms with Crippen LogP contribution < -0.4 is 11.1 Å². The van der Waals surface area contributed by atoms with Crippen LogP contribution >= 0.6 is 0 Å². The van der Waals surface area contributed by atoms with E-state index in [2.05, 4.69) is 5.32 Å². The van der Waals surface area contributed by atoms with Gasteiger partial charge in [-0.3, -0.25) is 9.59 Å². The fraction of sp³-hybridized carbons (Fsp3) is 0.0952. The Morgan fingerprint density at radius 2 is 1.52 bits per heavy atom. The predicted molar refractivity (Wildman–Crippen MR) is 102 cm³/mol. The molecule has 2 amide bonds. The first-order valence-corrected chi connectivity index (χ1v) is 8.35. The molecule has 6 nitrogen and oxygen atoms in total. The summed E-state index contributed by atoms with van der Waals surface area (Å²) in [6, 6.07) is 18.1. The first-order chi connectivity index (χ1) is 12.9. The molecule has 0 heterocycles. The average molecular weight is 362 g/mol. The van der Waals surface area contributed by atoms with E-state index in [9.17, 15) is 14.4 Å². The Bertz CT molecular complexity index is 1010. The number of aromatic carboxylic acids is 1. The van der Waals surface area contributed by atoms with Gasteiger partial charge in [-0.1, -0.05) is 42.5 Å². The van der Waals surface area contributed by atoms with Gasteiger partial charge in [0.15, 0.2) is 0 Å². The molecule has 0 aliphatic rings. The molecule has 1 atom stereocenters. The van der Waals surface area contributed by atoms with Crippen LogP contribution in [0.2, 0.25) is 0 Å². The van der Waals surface area contributed by atoms with Crippen LogP contribution in [-0.4, -0.2) is 28.9 Å². The van der Waals surface area contributed by atoms with Gasteiger partial charge in [-0.15, -0.1) is 0 Å². The Hall–Kier alpha value is -3.67. The Morgan fingerprint density at radius 1 is 0.889 bits per heavy atom. The second-order valence-electron chi connectivity index (χ2n) is 6.20. The van der Waals surface area contributed by atoms with Crippen molar-refractivity contribution in [3.8, 4) is 0 Å². The maximum Gasteiger partial charge on any atom is 0.335 e. The van der Waals surface area contributed by atoms with Gasteiger partial charge < -0.3 is 16.2 Å². The van der Waals surface area contributed by atoms with Crippen LogP contribution in [-0.2, 0) is 11.2 Å². The molecule has 3 rings (SSSR count). The molecule has 0 aliphatic heterocycles. The van der Waals surface area contributed by atoms with E-state index in [1.54, 1.807) is 24.3 Å². The number of rotatable bonds is 6. The lowest BCUT2D eigenvalue weighted by Crippen LogP contribution is -2.45. The molecule has 3 aromatic carbocycles. The lowest BCUT2D eigenvalue weighted by Gasteiger charge is -2.16. The zero-order valence-corrected chi connectivity index (χ0v) is 14.4. The van der Waals surface area contributed by atoms with Crippen molar-refractivity contribution >= 4 is 28.6 Å². The molecule has 0 spiro atoms. The third kappa shape index (κ3) is 4.30. The minimum Gasteiger partial charge on any atom is -0.478 e. The number of fused-ring (bicyclic) bond motifs is 1. The van der Waals surface area contributed by atoms with Crippen LogP contribution in [0.4, 0.5) is 0 Å². The topological polar surface area (TPSA) is 109 Å². The van der Waals surface area contributed by atoms with Gasteiger partial charge >= 0.3 is 5.97 Å². The Balaban J connectivity index is 1.75. The van der Waals surface area contributed by atoms with Crippen LogP contribution in [0, 0.1) is 0 Å². The number of carbonyl (C=O) groups excluding carboxylic acids is 2. The van der Waals surface area contributed by atoms with Gasteiger partial charge in [0.2, 0.25) is 5.91 Å². The summed E-state index contributed by atoms with van der Waals surface area (Å²) in [6.45, 7) is 0. The van der Waals surface area contributed by atoms with E-state index in [0.29, 0.717) is 11.1 Å². The van der Waals surface area contributed by atoms with E-state index in [-0.39, 0.29) is 12.0 Å². The van der Waals surface area contributed by atoms with Crippen LogP contribution in [0.1, 0.15) is 26.3 Å². The molecule has 27 heavy (non-hydrogen) atoms. The Labute approximate surface area is 155 Å². The number of benzene rings is 3. The van der Waals surface area contributed by atoms with E-state index in [4.69, 9.17) is 10.8 Å². The van der Waals surface area contributed by atoms with Crippen molar-refractivity contribution in [1.82, 2.24) is 5.32 Å². The average Bonchev–Trinajstić information content (AvgIpc) is 2.67. The highest BCUT2D eigenvalue weighted by molar-refractivity contribution is 6.00. The second kappa shape index (κ2) is 7.70. The number of primary amides is 1. The number of nitrogens with one attached hydrogen (secondary N) is 1. The molecule has 0 unspecified atom stereocenters. The van der Waals surface area contributed by atoms with Crippen LogP contribution in [0.15, 0.2) is 66.7 Å². The Kier molecular flexibility index (Phi) is 5.17. The summed E-state index contributed by atoms with van der Waals surface area (Å²) in [7, 11) is 0. The number of carboxylic acids is 1. The van der Waals surface area contributed by atoms with Crippen molar-refractivity contribution < 1.29 is 19.5 Å². The van der Waals surface area contributed by atoms with Gasteiger partial charge in [-0.2, -0.15) is 0 Å². The molecule has 6 heteroatoms. The molecule has 0 radical (unpaired) electrons. The fourth-order valence-corrected chi connectivity index (χ4v) is 2.81. The van der Waals surface area contributed by atoms with Crippen molar-refractivity contribution in [2.45, 2.75) is 12.5 Å². The molecule has 3 aromatic rings. The summed E-state index contributed by atoms with van der Waals surface area (Å²) < 4.78 is 0. The molecule has 0 saturated carbocycles. The highest BCUT2D eigenvalue weighted by Crippen LogP contribution is 2.16. The summed E-state index contributed by atoms with van der Waals surface area (Å²) in [4.78, 5) is 35.2. The maximum absolute atomic E-state index is 12.5. The molecule has 136 valence electrons. The molecule has 0 fully saturated rings. The molecule has 0 bridgehead atoms. The quantitative estimate of drug-likeness (QED) is 0.625. The number of carbonyl (C=O) groups is 3. The van der Waals surface area contributed by atoms with Crippen molar-refractivity contribution in [2.24, 2.45) is 5.73 Å². The standard InChI is InChI=1S/C21H18N2O4/c22-19(24)18(11-13-5-7-15(8-6-13)21(26)27)23-20(25)17-10-9-14-3-1-2-4-16(14)12-17/h1-10,12,18H,11H2,(H2,22,24)(H,23,25)(H,26,27)/t18-/m1/s1. The molecule has 0 saturated heterocycles. The zero-order chi connectivity index (χ0) is 19.4. The lowest BCUT2D eigenvalue weighted by atomic mass is 10.0. The summed E-state index contributed by atoms with van der Waals surface area (Å²) in [5.74, 6) is -2.09. The van der Waals surface area contributed by atoms with Crippen molar-refractivity contribution in [2.75, 3.05) is 0 Å². The number of amides is 2. The number of nitrogens with two attached hydrogens (primary N) is 1. The second-order valence-corrected chi connectivity index (χ2v) is 6.20. The van der Waals surface area contributed by atoms with Crippen molar-refractivity contribution in [1.29, 1.82) is 0 Å². The Morgan fingerprint density at radius 3 is 2.15 bits per heavy atom. The predicted octanol–water partition coefficient (Wildman–Crippen LogP) is 2.36. The first kappa shape index (κ1) is 18.1. The van der Waals surface area contributed by atoms with Gasteiger partial charge in [0.25, 0.3) is 5.91 Å². The minimum absolute atomic E-state index is 0.148. The van der Waals surface area contributed by atoms with E-state index in [1.807, 2.05) is 30.3 Å².